The van der Waals surface area contributed by atoms with Crippen LogP contribution < -0.4 is 5.32 Å². The summed E-state index contributed by atoms with van der Waals surface area (Å²) in [6.45, 7) is 6.49. The topological polar surface area (TPSA) is 35.6 Å². The quantitative estimate of drug-likeness (QED) is 0.784. The molecule has 2 aliphatic heterocycles. The fraction of sp³-hybridized carbons (Fsp3) is 0.941. The number of piperidine rings is 1. The fourth-order valence-corrected chi connectivity index (χ4v) is 3.69. The molecule has 0 spiro atoms. The highest BCUT2D eigenvalue weighted by Crippen LogP contribution is 2.23. The summed E-state index contributed by atoms with van der Waals surface area (Å²) in [5.74, 6) is 0.348. The van der Waals surface area contributed by atoms with E-state index in [0.717, 1.165) is 38.6 Å². The zero-order chi connectivity index (χ0) is 15.2. The zero-order valence-electron chi connectivity index (χ0n) is 14.1. The molecule has 122 valence electrons. The van der Waals surface area contributed by atoms with Crippen molar-refractivity contribution in [3.63, 3.8) is 0 Å². The molecule has 2 saturated heterocycles. The largest absolute Gasteiger partial charge is 0.324 e. The Labute approximate surface area is 130 Å². The Morgan fingerprint density at radius 1 is 1.19 bits per heavy atom. The summed E-state index contributed by atoms with van der Waals surface area (Å²) in [6, 6.07) is 0.615. The maximum atomic E-state index is 12.7. The van der Waals surface area contributed by atoms with Gasteiger partial charge in [-0.25, -0.2) is 0 Å². The molecule has 4 nitrogen and oxygen atoms in total. The lowest BCUT2D eigenvalue weighted by Crippen LogP contribution is -2.48. The number of nitrogens with zero attached hydrogens (tertiary/aromatic N) is 2. The molecule has 3 atom stereocenters. The van der Waals surface area contributed by atoms with Crippen molar-refractivity contribution in [2.45, 2.75) is 83.5 Å². The van der Waals surface area contributed by atoms with Crippen LogP contribution in [0.4, 0.5) is 0 Å². The summed E-state index contributed by atoms with van der Waals surface area (Å²) < 4.78 is 0. The van der Waals surface area contributed by atoms with Crippen molar-refractivity contribution < 1.29 is 4.79 Å². The number of unbranched alkanes of at least 4 members (excludes halogenated alkanes) is 1. The van der Waals surface area contributed by atoms with Crippen LogP contribution in [-0.4, -0.2) is 54.1 Å². The minimum absolute atomic E-state index is 0.0652. The highest BCUT2D eigenvalue weighted by atomic mass is 16.2. The molecule has 2 aliphatic rings. The molecular weight excluding hydrogens is 262 g/mol. The van der Waals surface area contributed by atoms with E-state index in [1.54, 1.807) is 0 Å². The third-order valence-electron chi connectivity index (χ3n) is 5.09. The van der Waals surface area contributed by atoms with E-state index in [1.807, 2.05) is 0 Å². The lowest BCUT2D eigenvalue weighted by Gasteiger charge is -2.36. The molecule has 2 heterocycles. The molecule has 21 heavy (non-hydrogen) atoms. The predicted octanol–water partition coefficient (Wildman–Crippen LogP) is 2.59. The maximum absolute atomic E-state index is 12.7. The molecule has 0 radical (unpaired) electrons. The van der Waals surface area contributed by atoms with Crippen molar-refractivity contribution in [2.24, 2.45) is 0 Å². The van der Waals surface area contributed by atoms with Crippen LogP contribution in [0.3, 0.4) is 0 Å². The highest BCUT2D eigenvalue weighted by Gasteiger charge is 2.39. The normalized spacial score (nSPS) is 31.1. The molecule has 0 aliphatic carbocycles. The number of carbonyl (C=O) groups excluding carboxylic acids is 1. The highest BCUT2D eigenvalue weighted by molar-refractivity contribution is 5.84. The second kappa shape index (κ2) is 8.14. The van der Waals surface area contributed by atoms with Gasteiger partial charge in [0.25, 0.3) is 0 Å². The summed E-state index contributed by atoms with van der Waals surface area (Å²) in [4.78, 5) is 17.3. The van der Waals surface area contributed by atoms with Gasteiger partial charge < -0.3 is 9.80 Å². The number of hydrogen-bond acceptors (Lipinski definition) is 3. The first-order chi connectivity index (χ1) is 10.2. The molecule has 1 amide bonds. The van der Waals surface area contributed by atoms with E-state index in [0.29, 0.717) is 11.9 Å². The number of likely N-dealkylation sites (tertiary alicyclic amines) is 1. The van der Waals surface area contributed by atoms with Gasteiger partial charge in [0.2, 0.25) is 5.91 Å². The number of likely N-dealkylation sites (N-methyl/N-ethyl adjacent to an activating group) is 1. The van der Waals surface area contributed by atoms with Gasteiger partial charge in [0.05, 0.1) is 12.2 Å². The number of nitrogens with one attached hydrogen (secondary N) is 1. The van der Waals surface area contributed by atoms with Gasteiger partial charge >= 0.3 is 0 Å². The van der Waals surface area contributed by atoms with Gasteiger partial charge in [-0.15, -0.1) is 0 Å². The third-order valence-corrected chi connectivity index (χ3v) is 5.09. The van der Waals surface area contributed by atoms with E-state index >= 15 is 0 Å². The average molecular weight is 295 g/mol. The third kappa shape index (κ3) is 4.19. The van der Waals surface area contributed by atoms with Gasteiger partial charge in [0, 0.05) is 12.6 Å². The fourth-order valence-electron chi connectivity index (χ4n) is 3.69. The van der Waals surface area contributed by atoms with Crippen LogP contribution in [0.2, 0.25) is 0 Å². The lowest BCUT2D eigenvalue weighted by atomic mass is 10.0. The molecule has 0 saturated carbocycles. The number of hydrogen-bond donors (Lipinski definition) is 1. The van der Waals surface area contributed by atoms with Gasteiger partial charge in [0.1, 0.15) is 0 Å². The maximum Gasteiger partial charge on any atom is 0.241 e. The van der Waals surface area contributed by atoms with E-state index in [9.17, 15) is 4.79 Å². The van der Waals surface area contributed by atoms with Crippen LogP contribution in [-0.2, 0) is 4.79 Å². The Balaban J connectivity index is 1.97. The van der Waals surface area contributed by atoms with Crippen LogP contribution in [0.15, 0.2) is 0 Å². The molecule has 0 aromatic carbocycles. The van der Waals surface area contributed by atoms with Gasteiger partial charge in [-0.3, -0.25) is 10.1 Å². The van der Waals surface area contributed by atoms with Crippen LogP contribution >= 0.6 is 0 Å². The van der Waals surface area contributed by atoms with Crippen LogP contribution in [0.25, 0.3) is 0 Å². The van der Waals surface area contributed by atoms with Gasteiger partial charge in [0.15, 0.2) is 0 Å². The van der Waals surface area contributed by atoms with Crippen molar-refractivity contribution in [3.05, 3.63) is 0 Å². The van der Waals surface area contributed by atoms with E-state index in [2.05, 4.69) is 36.0 Å². The van der Waals surface area contributed by atoms with Crippen molar-refractivity contribution in [1.29, 1.82) is 0 Å². The SMILES string of the molecule is CCCCC1NC(CCC)N(CC2CCCCN2C)C1=O. The minimum Gasteiger partial charge on any atom is -0.324 e. The second-order valence-electron chi connectivity index (χ2n) is 6.79. The standard InChI is InChI=1S/C17H33N3O/c1-4-6-11-15-17(21)20(16(18-15)9-5-2)13-14-10-7-8-12-19(14)3/h14-16,18H,4-13H2,1-3H3. The van der Waals surface area contributed by atoms with Crippen LogP contribution in [0.1, 0.15) is 65.2 Å². The van der Waals surface area contributed by atoms with Crippen molar-refractivity contribution >= 4 is 5.91 Å². The van der Waals surface area contributed by atoms with E-state index in [4.69, 9.17) is 0 Å². The Kier molecular flexibility index (Phi) is 6.49. The first-order valence-corrected chi connectivity index (χ1v) is 8.94. The predicted molar refractivity (Wildman–Crippen MR) is 87.1 cm³/mol. The lowest BCUT2D eigenvalue weighted by molar-refractivity contribution is -0.131. The average Bonchev–Trinajstić information content (AvgIpc) is 2.76. The van der Waals surface area contributed by atoms with Gasteiger partial charge in [-0.1, -0.05) is 39.5 Å². The number of carbonyl (C=O) groups is 1. The minimum atomic E-state index is 0.0652. The molecule has 0 bridgehead atoms. The van der Waals surface area contributed by atoms with Crippen molar-refractivity contribution in [3.8, 4) is 0 Å². The molecule has 4 heteroatoms. The van der Waals surface area contributed by atoms with Gasteiger partial charge in [-0.05, 0) is 39.3 Å². The number of rotatable bonds is 7. The van der Waals surface area contributed by atoms with Crippen LogP contribution in [0.5, 0.6) is 0 Å². The molecule has 2 fully saturated rings. The first-order valence-electron chi connectivity index (χ1n) is 8.94. The monoisotopic (exact) mass is 295 g/mol. The molecular formula is C17H33N3O. The molecule has 3 unspecified atom stereocenters. The Morgan fingerprint density at radius 2 is 2.00 bits per heavy atom. The van der Waals surface area contributed by atoms with Crippen LogP contribution in [0, 0.1) is 0 Å². The summed E-state index contributed by atoms with van der Waals surface area (Å²) in [5, 5.41) is 3.59. The van der Waals surface area contributed by atoms with E-state index < -0.39 is 0 Å². The summed E-state index contributed by atoms with van der Waals surface area (Å²) in [6.07, 6.45) is 9.60. The molecule has 0 aromatic rings. The Bertz CT molecular complexity index is 334. The Morgan fingerprint density at radius 3 is 2.67 bits per heavy atom. The molecule has 1 N–H and O–H groups in total. The van der Waals surface area contributed by atoms with Gasteiger partial charge in [-0.2, -0.15) is 0 Å². The molecule has 2 rings (SSSR count). The van der Waals surface area contributed by atoms with E-state index in [-0.39, 0.29) is 12.2 Å². The summed E-state index contributed by atoms with van der Waals surface area (Å²) >= 11 is 0. The summed E-state index contributed by atoms with van der Waals surface area (Å²) in [5.41, 5.74) is 0. The van der Waals surface area contributed by atoms with Crippen molar-refractivity contribution in [2.75, 3.05) is 20.1 Å². The Hall–Kier alpha value is -0.610. The summed E-state index contributed by atoms with van der Waals surface area (Å²) in [7, 11) is 2.21. The first kappa shape index (κ1) is 16.8. The second-order valence-corrected chi connectivity index (χ2v) is 6.79. The number of amides is 1. The smallest absolute Gasteiger partial charge is 0.241 e. The molecule has 0 aromatic heterocycles. The zero-order valence-corrected chi connectivity index (χ0v) is 14.1. The van der Waals surface area contributed by atoms with Crippen molar-refractivity contribution in [1.82, 2.24) is 15.1 Å². The van der Waals surface area contributed by atoms with E-state index in [1.165, 1.54) is 25.8 Å².